The van der Waals surface area contributed by atoms with Gasteiger partial charge in [-0.2, -0.15) is 0 Å². The fraction of sp³-hybridized carbons (Fsp3) is 0. The number of aromatic nitrogens is 1. The quantitative estimate of drug-likeness (QED) is 0.481. The molecule has 2 aromatic rings. The number of nitrogens with zero attached hydrogens (tertiary/aromatic N) is 3. The molecule has 0 spiro atoms. The number of benzene rings is 1. The predicted octanol–water partition coefficient (Wildman–Crippen LogP) is 3.38. The fourth-order valence-electron chi connectivity index (χ4n) is 1.04. The van der Waals surface area contributed by atoms with E-state index in [4.69, 9.17) is 11.6 Å². The molecule has 0 radical (unpaired) electrons. The van der Waals surface area contributed by atoms with Gasteiger partial charge in [-0.15, -0.1) is 0 Å². The lowest BCUT2D eigenvalue weighted by Gasteiger charge is -1.88. The minimum absolute atomic E-state index is 0.0515. The first kappa shape index (κ1) is 15.4. The predicted molar refractivity (Wildman–Crippen MR) is 69.0 cm³/mol. The Kier molecular flexibility index (Phi) is 5.48. The second-order valence-electron chi connectivity index (χ2n) is 3.33. The van der Waals surface area contributed by atoms with Gasteiger partial charge < -0.3 is 0 Å². The standard InChI is InChI=1S/C6H4FNO2.C5H3ClN2O2/c7-5-1-3-6(4-2-5)8(9)10;6-5-2-1-4(3-7-5)8(9)10/h1-4H;1-3H. The Labute approximate surface area is 116 Å². The maximum Gasteiger partial charge on any atom is 0.287 e. The van der Waals surface area contributed by atoms with Crippen LogP contribution in [0, 0.1) is 26.0 Å². The molecule has 0 aliphatic heterocycles. The SMILES string of the molecule is O=[N+]([O-])c1ccc(Cl)nc1.O=[N+]([O-])c1ccc(F)cc1. The van der Waals surface area contributed by atoms with Crippen LogP contribution < -0.4 is 0 Å². The Morgan fingerprint density at radius 1 is 0.950 bits per heavy atom. The van der Waals surface area contributed by atoms with E-state index in [1.165, 1.54) is 12.1 Å². The van der Waals surface area contributed by atoms with Crippen LogP contribution in [0.5, 0.6) is 0 Å². The van der Waals surface area contributed by atoms with Gasteiger partial charge in [-0.3, -0.25) is 20.2 Å². The van der Waals surface area contributed by atoms with Crippen molar-refractivity contribution >= 4 is 23.0 Å². The van der Waals surface area contributed by atoms with Crippen molar-refractivity contribution in [1.29, 1.82) is 0 Å². The molecular formula is C11H7ClFN3O4. The van der Waals surface area contributed by atoms with Crippen molar-refractivity contribution in [3.05, 3.63) is 73.8 Å². The van der Waals surface area contributed by atoms with Crippen molar-refractivity contribution in [2.45, 2.75) is 0 Å². The first-order valence-electron chi connectivity index (χ1n) is 5.06. The molecule has 0 N–H and O–H groups in total. The van der Waals surface area contributed by atoms with Crippen LogP contribution >= 0.6 is 11.6 Å². The van der Waals surface area contributed by atoms with Crippen molar-refractivity contribution in [3.8, 4) is 0 Å². The van der Waals surface area contributed by atoms with E-state index in [0.717, 1.165) is 30.5 Å². The van der Waals surface area contributed by atoms with Crippen LogP contribution in [0.4, 0.5) is 15.8 Å². The number of pyridine rings is 1. The van der Waals surface area contributed by atoms with Gasteiger partial charge in [-0.05, 0) is 18.2 Å². The second kappa shape index (κ2) is 7.10. The second-order valence-corrected chi connectivity index (χ2v) is 3.72. The lowest BCUT2D eigenvalue weighted by molar-refractivity contribution is -0.385. The molecule has 1 aromatic carbocycles. The van der Waals surface area contributed by atoms with Crippen LogP contribution in [-0.2, 0) is 0 Å². The lowest BCUT2D eigenvalue weighted by atomic mass is 10.3. The van der Waals surface area contributed by atoms with E-state index in [1.54, 1.807) is 0 Å². The maximum atomic E-state index is 12.1. The van der Waals surface area contributed by atoms with E-state index >= 15 is 0 Å². The zero-order valence-corrected chi connectivity index (χ0v) is 10.5. The fourth-order valence-corrected chi connectivity index (χ4v) is 1.15. The molecule has 0 aliphatic rings. The van der Waals surface area contributed by atoms with Gasteiger partial charge in [0.25, 0.3) is 11.4 Å². The number of halogens is 2. The molecule has 0 saturated heterocycles. The van der Waals surface area contributed by atoms with Crippen LogP contribution in [0.2, 0.25) is 5.15 Å². The van der Waals surface area contributed by atoms with Gasteiger partial charge in [-0.25, -0.2) is 9.37 Å². The van der Waals surface area contributed by atoms with Crippen molar-refractivity contribution in [1.82, 2.24) is 4.98 Å². The molecule has 0 unspecified atom stereocenters. The van der Waals surface area contributed by atoms with E-state index < -0.39 is 15.7 Å². The van der Waals surface area contributed by atoms with Gasteiger partial charge in [0.15, 0.2) is 0 Å². The molecule has 2 rings (SSSR count). The summed E-state index contributed by atoms with van der Waals surface area (Å²) in [6.07, 6.45) is 1.11. The van der Waals surface area contributed by atoms with Gasteiger partial charge in [0.1, 0.15) is 17.2 Å². The number of nitro benzene ring substituents is 1. The molecule has 1 heterocycles. The molecule has 20 heavy (non-hydrogen) atoms. The van der Waals surface area contributed by atoms with Gasteiger partial charge >= 0.3 is 0 Å². The average Bonchev–Trinajstić information content (AvgIpc) is 2.40. The molecular weight excluding hydrogens is 293 g/mol. The Morgan fingerprint density at radius 3 is 1.85 bits per heavy atom. The number of rotatable bonds is 2. The minimum atomic E-state index is -0.570. The highest BCUT2D eigenvalue weighted by atomic mass is 35.5. The zero-order chi connectivity index (χ0) is 15.1. The summed E-state index contributed by atoms with van der Waals surface area (Å²) >= 11 is 5.38. The summed E-state index contributed by atoms with van der Waals surface area (Å²) < 4.78 is 12.1. The largest absolute Gasteiger partial charge is 0.287 e. The van der Waals surface area contributed by atoms with Crippen molar-refractivity contribution in [2.75, 3.05) is 0 Å². The molecule has 0 aliphatic carbocycles. The van der Waals surface area contributed by atoms with E-state index in [2.05, 4.69) is 4.98 Å². The van der Waals surface area contributed by atoms with Crippen molar-refractivity contribution in [2.24, 2.45) is 0 Å². The van der Waals surface area contributed by atoms with Gasteiger partial charge in [0, 0.05) is 18.2 Å². The van der Waals surface area contributed by atoms with Crippen LogP contribution in [0.1, 0.15) is 0 Å². The molecule has 9 heteroatoms. The summed E-state index contributed by atoms with van der Waals surface area (Å²) in [5, 5.41) is 20.3. The maximum absolute atomic E-state index is 12.1. The smallest absolute Gasteiger partial charge is 0.258 e. The minimum Gasteiger partial charge on any atom is -0.258 e. The molecule has 0 fully saturated rings. The third kappa shape index (κ3) is 4.94. The van der Waals surface area contributed by atoms with Gasteiger partial charge in [-0.1, -0.05) is 11.6 Å². The summed E-state index contributed by atoms with van der Waals surface area (Å²) in [5.74, 6) is -0.467. The lowest BCUT2D eigenvalue weighted by Crippen LogP contribution is -1.87. The topological polar surface area (TPSA) is 99.2 Å². The highest BCUT2D eigenvalue weighted by Crippen LogP contribution is 2.11. The van der Waals surface area contributed by atoms with E-state index in [-0.39, 0.29) is 16.5 Å². The molecule has 104 valence electrons. The number of hydrogen-bond donors (Lipinski definition) is 0. The molecule has 0 bridgehead atoms. The molecule has 0 amide bonds. The van der Waals surface area contributed by atoms with Crippen LogP contribution in [0.15, 0.2) is 42.6 Å². The normalized spacial score (nSPS) is 9.30. The van der Waals surface area contributed by atoms with Gasteiger partial charge in [0.05, 0.1) is 9.85 Å². The summed E-state index contributed by atoms with van der Waals surface area (Å²) in [6, 6.07) is 7.02. The van der Waals surface area contributed by atoms with Gasteiger partial charge in [0.2, 0.25) is 0 Å². The third-order valence-electron chi connectivity index (χ3n) is 1.96. The monoisotopic (exact) mass is 299 g/mol. The molecule has 7 nitrogen and oxygen atoms in total. The third-order valence-corrected chi connectivity index (χ3v) is 2.18. The Morgan fingerprint density at radius 2 is 1.45 bits per heavy atom. The van der Waals surface area contributed by atoms with E-state index in [0.29, 0.717) is 0 Å². The Hall–Kier alpha value is -2.61. The van der Waals surface area contributed by atoms with Crippen LogP contribution in [-0.4, -0.2) is 14.8 Å². The summed E-state index contributed by atoms with van der Waals surface area (Å²) in [4.78, 5) is 22.5. The van der Waals surface area contributed by atoms with Crippen molar-refractivity contribution in [3.63, 3.8) is 0 Å². The summed E-state index contributed by atoms with van der Waals surface area (Å²) in [6.45, 7) is 0. The molecule has 0 atom stereocenters. The van der Waals surface area contributed by atoms with Crippen LogP contribution in [0.3, 0.4) is 0 Å². The number of nitro groups is 2. The highest BCUT2D eigenvalue weighted by molar-refractivity contribution is 6.29. The van der Waals surface area contributed by atoms with E-state index in [1.807, 2.05) is 0 Å². The Bertz CT molecular complexity index is 549. The number of hydrogen-bond acceptors (Lipinski definition) is 5. The van der Waals surface area contributed by atoms with Crippen LogP contribution in [0.25, 0.3) is 0 Å². The zero-order valence-electron chi connectivity index (χ0n) is 9.77. The molecule has 0 saturated carbocycles. The van der Waals surface area contributed by atoms with Crippen molar-refractivity contribution < 1.29 is 14.2 Å². The van der Waals surface area contributed by atoms with E-state index in [9.17, 15) is 24.6 Å². The summed E-state index contributed by atoms with van der Waals surface area (Å²) in [5.41, 5.74) is -0.147. The number of non-ortho nitro benzene ring substituents is 1. The summed E-state index contributed by atoms with van der Waals surface area (Å²) in [7, 11) is 0. The molecule has 1 aromatic heterocycles. The first-order chi connectivity index (χ1) is 9.40. The Balaban J connectivity index is 0.000000200. The average molecular weight is 300 g/mol. The first-order valence-corrected chi connectivity index (χ1v) is 5.44. The highest BCUT2D eigenvalue weighted by Gasteiger charge is 2.03.